The van der Waals surface area contributed by atoms with Gasteiger partial charge in [-0.2, -0.15) is 4.57 Å². The molecule has 4 N–H and O–H groups in total. The van der Waals surface area contributed by atoms with E-state index in [0.29, 0.717) is 35.2 Å². The van der Waals surface area contributed by atoms with E-state index in [4.69, 9.17) is 10.5 Å². The number of aryl methyl sites for hydroxylation is 1. The number of aromatic nitrogens is 3. The van der Waals surface area contributed by atoms with Crippen molar-refractivity contribution in [1.29, 1.82) is 0 Å². The molecular formula is C17H25N4O4S+. The van der Waals surface area contributed by atoms with Crippen molar-refractivity contribution in [2.75, 3.05) is 18.9 Å². The van der Waals surface area contributed by atoms with Crippen LogP contribution in [0.5, 0.6) is 0 Å². The third-order valence-electron chi connectivity index (χ3n) is 4.05. The summed E-state index contributed by atoms with van der Waals surface area (Å²) in [6.45, 7) is 7.15. The average molecular weight is 381 g/mol. The third-order valence-corrected chi connectivity index (χ3v) is 5.61. The van der Waals surface area contributed by atoms with E-state index in [1.165, 1.54) is 18.3 Å². The quantitative estimate of drug-likeness (QED) is 0.468. The number of nitrogens with zero attached hydrogens (tertiary/aromatic N) is 3. The molecule has 2 aromatic rings. The molecule has 8 nitrogen and oxygen atoms in total. The molecule has 0 saturated carbocycles. The highest BCUT2D eigenvalue weighted by Crippen LogP contribution is 2.29. The van der Waals surface area contributed by atoms with E-state index in [-0.39, 0.29) is 13.2 Å². The molecule has 1 atom stereocenters. The van der Waals surface area contributed by atoms with Gasteiger partial charge in [0.05, 0.1) is 17.0 Å². The van der Waals surface area contributed by atoms with Crippen LogP contribution in [0.1, 0.15) is 40.8 Å². The molecule has 2 aromatic heterocycles. The smallest absolute Gasteiger partial charge is 0.350 e. The molecule has 2 rings (SSSR count). The van der Waals surface area contributed by atoms with Crippen LogP contribution in [0.4, 0.5) is 5.82 Å². The Morgan fingerprint density at radius 1 is 1.46 bits per heavy atom. The van der Waals surface area contributed by atoms with Crippen molar-refractivity contribution in [1.82, 2.24) is 9.97 Å². The van der Waals surface area contributed by atoms with Crippen LogP contribution in [0.3, 0.4) is 0 Å². The van der Waals surface area contributed by atoms with Gasteiger partial charge >= 0.3 is 5.97 Å². The lowest BCUT2D eigenvalue weighted by atomic mass is 10.1. The lowest BCUT2D eigenvalue weighted by Crippen LogP contribution is -2.48. The summed E-state index contributed by atoms with van der Waals surface area (Å²) in [6.07, 6.45) is 2.06. The molecule has 0 radical (unpaired) electrons. The van der Waals surface area contributed by atoms with E-state index in [2.05, 4.69) is 9.97 Å². The standard InChI is InChI=1S/C17H25N4O4S/c1-5-25-16(23)17(4,24)15-21(10(2)13(26-15)6-7-22)9-12-8-19-11(3)20-14(12)18/h8,22,24H,5-7,9H2,1-4H3,(H2,18,19,20)/q+1. The number of carbonyl (C=O) groups excluding carboxylic acids is 1. The van der Waals surface area contributed by atoms with E-state index >= 15 is 0 Å². The normalized spacial score (nSPS) is 13.5. The molecule has 26 heavy (non-hydrogen) atoms. The summed E-state index contributed by atoms with van der Waals surface area (Å²) >= 11 is 1.27. The summed E-state index contributed by atoms with van der Waals surface area (Å²) in [7, 11) is 0. The summed E-state index contributed by atoms with van der Waals surface area (Å²) in [5.41, 5.74) is 5.69. The van der Waals surface area contributed by atoms with E-state index < -0.39 is 11.6 Å². The Labute approximate surface area is 156 Å². The minimum atomic E-state index is -1.82. The predicted octanol–water partition coefficient (Wildman–Crippen LogP) is 0.378. The van der Waals surface area contributed by atoms with Crippen LogP contribution in [0, 0.1) is 13.8 Å². The summed E-state index contributed by atoms with van der Waals surface area (Å²) < 4.78 is 6.82. The second kappa shape index (κ2) is 8.07. The monoisotopic (exact) mass is 381 g/mol. The van der Waals surface area contributed by atoms with Gasteiger partial charge in [0.2, 0.25) is 0 Å². The van der Waals surface area contributed by atoms with E-state index in [1.54, 1.807) is 24.6 Å². The zero-order chi connectivity index (χ0) is 19.5. The second-order valence-electron chi connectivity index (χ2n) is 6.10. The van der Waals surface area contributed by atoms with Crippen molar-refractivity contribution < 1.29 is 24.3 Å². The van der Waals surface area contributed by atoms with Gasteiger partial charge in [-0.25, -0.2) is 14.8 Å². The van der Waals surface area contributed by atoms with Gasteiger partial charge in [-0.05, 0) is 20.8 Å². The Balaban J connectivity index is 2.54. The van der Waals surface area contributed by atoms with Crippen molar-refractivity contribution in [2.45, 2.75) is 46.3 Å². The van der Waals surface area contributed by atoms with E-state index in [9.17, 15) is 15.0 Å². The minimum Gasteiger partial charge on any atom is -0.463 e. The van der Waals surface area contributed by atoms with E-state index in [0.717, 1.165) is 10.6 Å². The Morgan fingerprint density at radius 3 is 2.73 bits per heavy atom. The van der Waals surface area contributed by atoms with Crippen LogP contribution < -0.4 is 10.3 Å². The SMILES string of the molecule is CCOC(=O)C(C)(O)c1sc(CCO)c(C)[n+]1Cc1cnc(C)nc1N. The Morgan fingerprint density at radius 2 is 2.15 bits per heavy atom. The first-order chi connectivity index (χ1) is 12.2. The lowest BCUT2D eigenvalue weighted by Gasteiger charge is -2.17. The number of aliphatic hydroxyl groups excluding tert-OH is 1. The minimum absolute atomic E-state index is 0.0296. The number of nitrogen functional groups attached to an aromatic ring is 1. The Hall–Kier alpha value is -2.10. The fourth-order valence-corrected chi connectivity index (χ4v) is 3.88. The molecule has 0 fully saturated rings. The lowest BCUT2D eigenvalue weighted by molar-refractivity contribution is -0.701. The number of carbonyl (C=O) groups is 1. The molecule has 0 aliphatic carbocycles. The van der Waals surface area contributed by atoms with Gasteiger partial charge < -0.3 is 20.7 Å². The molecule has 0 saturated heterocycles. The number of ether oxygens (including phenoxy) is 1. The second-order valence-corrected chi connectivity index (χ2v) is 7.18. The molecular weight excluding hydrogens is 356 g/mol. The number of aliphatic hydroxyl groups is 2. The zero-order valence-electron chi connectivity index (χ0n) is 15.4. The van der Waals surface area contributed by atoms with Crippen molar-refractivity contribution in [3.8, 4) is 0 Å². The summed E-state index contributed by atoms with van der Waals surface area (Å²) in [4.78, 5) is 21.5. The van der Waals surface area contributed by atoms with Crippen molar-refractivity contribution >= 4 is 23.1 Å². The topological polar surface area (TPSA) is 122 Å². The highest BCUT2D eigenvalue weighted by Gasteiger charge is 2.45. The fourth-order valence-electron chi connectivity index (χ4n) is 2.60. The van der Waals surface area contributed by atoms with Crippen LogP contribution in [-0.2, 0) is 28.1 Å². The Bertz CT molecular complexity index is 804. The first kappa shape index (κ1) is 20.2. The van der Waals surface area contributed by atoms with Crippen LogP contribution in [0.15, 0.2) is 6.20 Å². The highest BCUT2D eigenvalue weighted by molar-refractivity contribution is 7.11. The van der Waals surface area contributed by atoms with Gasteiger partial charge in [0.25, 0.3) is 10.6 Å². The molecule has 0 aliphatic heterocycles. The van der Waals surface area contributed by atoms with E-state index in [1.807, 2.05) is 6.92 Å². The number of hydrogen-bond acceptors (Lipinski definition) is 8. The number of thiazole rings is 1. The maximum absolute atomic E-state index is 12.3. The van der Waals surface area contributed by atoms with Crippen LogP contribution in [-0.4, -0.2) is 39.4 Å². The molecule has 0 spiro atoms. The molecule has 2 heterocycles. The van der Waals surface area contributed by atoms with Crippen molar-refractivity contribution in [3.63, 3.8) is 0 Å². The summed E-state index contributed by atoms with van der Waals surface area (Å²) in [6, 6.07) is 0. The number of nitrogens with two attached hydrogens (primary N) is 1. The zero-order valence-corrected chi connectivity index (χ0v) is 16.3. The van der Waals surface area contributed by atoms with Gasteiger partial charge in [0, 0.05) is 26.1 Å². The molecule has 142 valence electrons. The first-order valence-electron chi connectivity index (χ1n) is 8.33. The van der Waals surface area contributed by atoms with Gasteiger partial charge in [0.15, 0.2) is 12.2 Å². The van der Waals surface area contributed by atoms with Gasteiger partial charge in [0.1, 0.15) is 11.6 Å². The average Bonchev–Trinajstić information content (AvgIpc) is 2.88. The predicted molar refractivity (Wildman–Crippen MR) is 96.5 cm³/mol. The largest absolute Gasteiger partial charge is 0.463 e. The van der Waals surface area contributed by atoms with Crippen LogP contribution in [0.2, 0.25) is 0 Å². The number of anilines is 1. The van der Waals surface area contributed by atoms with Gasteiger partial charge in [-0.3, -0.25) is 0 Å². The number of esters is 1. The number of hydrogen-bond donors (Lipinski definition) is 3. The number of rotatable bonds is 7. The molecule has 9 heteroatoms. The highest BCUT2D eigenvalue weighted by atomic mass is 32.1. The van der Waals surface area contributed by atoms with Crippen molar-refractivity contribution in [3.05, 3.63) is 33.2 Å². The third kappa shape index (κ3) is 4.00. The molecule has 0 bridgehead atoms. The van der Waals surface area contributed by atoms with Crippen LogP contribution >= 0.6 is 11.3 Å². The molecule has 0 aromatic carbocycles. The molecule has 0 amide bonds. The first-order valence-corrected chi connectivity index (χ1v) is 9.15. The van der Waals surface area contributed by atoms with Crippen molar-refractivity contribution in [2.24, 2.45) is 0 Å². The maximum Gasteiger partial charge on any atom is 0.350 e. The van der Waals surface area contributed by atoms with Crippen LogP contribution in [0.25, 0.3) is 0 Å². The molecule has 0 aliphatic rings. The van der Waals surface area contributed by atoms with Gasteiger partial charge in [-0.1, -0.05) is 11.3 Å². The summed E-state index contributed by atoms with van der Waals surface area (Å²) in [5.74, 6) is 0.192. The molecule has 1 unspecified atom stereocenters. The summed E-state index contributed by atoms with van der Waals surface area (Å²) in [5, 5.41) is 20.6. The maximum atomic E-state index is 12.3. The Kier molecular flexibility index (Phi) is 6.27. The van der Waals surface area contributed by atoms with Gasteiger partial charge in [-0.15, -0.1) is 0 Å². The fraction of sp³-hybridized carbons (Fsp3) is 0.529.